The second-order valence-electron chi connectivity index (χ2n) is 3.95. The summed E-state index contributed by atoms with van der Waals surface area (Å²) >= 11 is 0. The van der Waals surface area contributed by atoms with Crippen molar-refractivity contribution in [2.75, 3.05) is 13.7 Å². The highest BCUT2D eigenvalue weighted by molar-refractivity contribution is 5.69. The number of esters is 1. The Bertz CT molecular complexity index is 391. The summed E-state index contributed by atoms with van der Waals surface area (Å²) in [5.74, 6) is -0.238. The normalized spacial score (nSPS) is 10.2. The van der Waals surface area contributed by atoms with E-state index < -0.39 is 0 Å². The molecule has 0 spiro atoms. The molecule has 0 radical (unpaired) electrons. The molecule has 0 saturated heterocycles. The summed E-state index contributed by atoms with van der Waals surface area (Å²) in [4.78, 5) is 11.1. The lowest BCUT2D eigenvalue weighted by Gasteiger charge is -2.07. The average Bonchev–Trinajstić information content (AvgIpc) is 2.36. The summed E-state index contributed by atoms with van der Waals surface area (Å²) in [5, 5.41) is 0. The fraction of sp³-hybridized carbons (Fsp3) is 0.500. The maximum atomic E-state index is 13.8. The van der Waals surface area contributed by atoms with Crippen molar-refractivity contribution in [2.24, 2.45) is 0 Å². The van der Waals surface area contributed by atoms with Crippen LogP contribution in [-0.4, -0.2) is 19.7 Å². The molecule has 0 aliphatic carbocycles. The summed E-state index contributed by atoms with van der Waals surface area (Å²) in [6, 6.07) is 5.10. The average molecular weight is 254 g/mol. The molecule has 0 heterocycles. The van der Waals surface area contributed by atoms with E-state index in [1.54, 1.807) is 25.1 Å². The standard InChI is InChI=1S/C14H19FO3/c1-3-18-13(16)10-5-4-7-11-8-6-9-12(17-2)14(11)15/h6,8-9H,3-5,7,10H2,1-2H3. The Hall–Kier alpha value is -1.58. The van der Waals surface area contributed by atoms with Gasteiger partial charge < -0.3 is 9.47 Å². The van der Waals surface area contributed by atoms with Gasteiger partial charge >= 0.3 is 5.97 Å². The molecular weight excluding hydrogens is 235 g/mol. The van der Waals surface area contributed by atoms with Gasteiger partial charge in [-0.05, 0) is 37.8 Å². The van der Waals surface area contributed by atoms with Gasteiger partial charge in [0, 0.05) is 6.42 Å². The SMILES string of the molecule is CCOC(=O)CCCCc1cccc(OC)c1F. The molecule has 0 aliphatic heterocycles. The first-order chi connectivity index (χ1) is 8.69. The van der Waals surface area contributed by atoms with Crippen molar-refractivity contribution in [1.29, 1.82) is 0 Å². The maximum absolute atomic E-state index is 13.8. The van der Waals surface area contributed by atoms with Gasteiger partial charge in [0.15, 0.2) is 11.6 Å². The number of halogens is 1. The third kappa shape index (κ3) is 4.35. The third-order valence-electron chi connectivity index (χ3n) is 2.65. The van der Waals surface area contributed by atoms with Crippen molar-refractivity contribution in [2.45, 2.75) is 32.6 Å². The van der Waals surface area contributed by atoms with Crippen LogP contribution in [0.1, 0.15) is 31.7 Å². The molecule has 1 rings (SSSR count). The minimum Gasteiger partial charge on any atom is -0.494 e. The van der Waals surface area contributed by atoms with Crippen molar-refractivity contribution in [3.8, 4) is 5.75 Å². The summed E-state index contributed by atoms with van der Waals surface area (Å²) in [6.45, 7) is 2.19. The molecule has 0 N–H and O–H groups in total. The molecule has 0 fully saturated rings. The molecule has 4 heteroatoms. The topological polar surface area (TPSA) is 35.5 Å². The van der Waals surface area contributed by atoms with E-state index in [0.29, 0.717) is 31.4 Å². The zero-order chi connectivity index (χ0) is 13.4. The number of carbonyl (C=O) groups is 1. The quantitative estimate of drug-likeness (QED) is 0.554. The number of benzene rings is 1. The van der Waals surface area contributed by atoms with Gasteiger partial charge in [0.2, 0.25) is 0 Å². The van der Waals surface area contributed by atoms with Gasteiger partial charge in [-0.2, -0.15) is 0 Å². The number of carbonyl (C=O) groups excluding carboxylic acids is 1. The summed E-state index contributed by atoms with van der Waals surface area (Å²) in [5.41, 5.74) is 0.623. The fourth-order valence-corrected chi connectivity index (χ4v) is 1.72. The highest BCUT2D eigenvalue weighted by Crippen LogP contribution is 2.21. The van der Waals surface area contributed by atoms with Crippen LogP contribution >= 0.6 is 0 Å². The van der Waals surface area contributed by atoms with Crippen LogP contribution in [0.15, 0.2) is 18.2 Å². The van der Waals surface area contributed by atoms with Crippen LogP contribution in [0, 0.1) is 5.82 Å². The molecule has 0 aromatic heterocycles. The second kappa shape index (κ2) is 7.69. The largest absolute Gasteiger partial charge is 0.494 e. The highest BCUT2D eigenvalue weighted by atomic mass is 19.1. The van der Waals surface area contributed by atoms with Crippen LogP contribution in [0.3, 0.4) is 0 Å². The Balaban J connectivity index is 2.38. The Labute approximate surface area is 107 Å². The third-order valence-corrected chi connectivity index (χ3v) is 2.65. The van der Waals surface area contributed by atoms with E-state index >= 15 is 0 Å². The minimum atomic E-state index is -0.309. The molecule has 0 unspecified atom stereocenters. The first-order valence-electron chi connectivity index (χ1n) is 6.16. The molecule has 0 amide bonds. The molecular formula is C14H19FO3. The van der Waals surface area contributed by atoms with Crippen LogP contribution in [0.25, 0.3) is 0 Å². The predicted molar refractivity (Wildman–Crippen MR) is 67.1 cm³/mol. The van der Waals surface area contributed by atoms with Crippen molar-refractivity contribution in [1.82, 2.24) is 0 Å². The number of ether oxygens (including phenoxy) is 2. The first kappa shape index (κ1) is 14.5. The van der Waals surface area contributed by atoms with Gasteiger partial charge in [-0.3, -0.25) is 4.79 Å². The Morgan fingerprint density at radius 1 is 1.33 bits per heavy atom. The lowest BCUT2D eigenvalue weighted by Crippen LogP contribution is -2.03. The van der Waals surface area contributed by atoms with E-state index in [1.807, 2.05) is 0 Å². The van der Waals surface area contributed by atoms with Crippen LogP contribution in [0.5, 0.6) is 5.75 Å². The predicted octanol–water partition coefficient (Wildman–Crippen LogP) is 3.11. The van der Waals surface area contributed by atoms with E-state index in [1.165, 1.54) is 7.11 Å². The number of rotatable bonds is 7. The van der Waals surface area contributed by atoms with Crippen LogP contribution in [0.4, 0.5) is 4.39 Å². The summed E-state index contributed by atoms with van der Waals surface area (Å²) in [7, 11) is 1.45. The molecule has 0 bridgehead atoms. The zero-order valence-electron chi connectivity index (χ0n) is 10.9. The Morgan fingerprint density at radius 2 is 2.11 bits per heavy atom. The minimum absolute atomic E-state index is 0.191. The smallest absolute Gasteiger partial charge is 0.305 e. The number of unbranched alkanes of at least 4 members (excludes halogenated alkanes) is 1. The summed E-state index contributed by atoms with van der Waals surface area (Å²) < 4.78 is 23.5. The van der Waals surface area contributed by atoms with Crippen LogP contribution in [0.2, 0.25) is 0 Å². The number of aryl methyl sites for hydroxylation is 1. The molecule has 0 saturated carbocycles. The number of hydrogen-bond donors (Lipinski definition) is 0. The second-order valence-corrected chi connectivity index (χ2v) is 3.95. The zero-order valence-corrected chi connectivity index (χ0v) is 10.9. The number of methoxy groups -OCH3 is 1. The van der Waals surface area contributed by atoms with E-state index in [2.05, 4.69) is 0 Å². The monoisotopic (exact) mass is 254 g/mol. The molecule has 100 valence electrons. The van der Waals surface area contributed by atoms with Crippen molar-refractivity contribution >= 4 is 5.97 Å². The molecule has 18 heavy (non-hydrogen) atoms. The van der Waals surface area contributed by atoms with Crippen molar-refractivity contribution < 1.29 is 18.7 Å². The maximum Gasteiger partial charge on any atom is 0.305 e. The van der Waals surface area contributed by atoms with Crippen molar-refractivity contribution in [3.63, 3.8) is 0 Å². The van der Waals surface area contributed by atoms with E-state index in [0.717, 1.165) is 6.42 Å². The number of hydrogen-bond acceptors (Lipinski definition) is 3. The molecule has 1 aromatic carbocycles. The van der Waals surface area contributed by atoms with Gasteiger partial charge in [0.05, 0.1) is 13.7 Å². The van der Waals surface area contributed by atoms with Crippen molar-refractivity contribution in [3.05, 3.63) is 29.6 Å². The highest BCUT2D eigenvalue weighted by Gasteiger charge is 2.08. The van der Waals surface area contributed by atoms with E-state index in [4.69, 9.17) is 9.47 Å². The fourth-order valence-electron chi connectivity index (χ4n) is 1.72. The van der Waals surface area contributed by atoms with Gasteiger partial charge in [0.1, 0.15) is 0 Å². The van der Waals surface area contributed by atoms with Gasteiger partial charge in [-0.15, -0.1) is 0 Å². The first-order valence-corrected chi connectivity index (χ1v) is 6.16. The van der Waals surface area contributed by atoms with E-state index in [-0.39, 0.29) is 17.5 Å². The van der Waals surface area contributed by atoms with Gasteiger partial charge in [-0.1, -0.05) is 12.1 Å². The van der Waals surface area contributed by atoms with Gasteiger partial charge in [0.25, 0.3) is 0 Å². The lowest BCUT2D eigenvalue weighted by atomic mass is 10.1. The molecule has 0 atom stereocenters. The Kier molecular flexibility index (Phi) is 6.19. The van der Waals surface area contributed by atoms with Gasteiger partial charge in [-0.25, -0.2) is 4.39 Å². The summed E-state index contributed by atoms with van der Waals surface area (Å²) in [6.07, 6.45) is 2.44. The van der Waals surface area contributed by atoms with Crippen LogP contribution in [-0.2, 0) is 16.0 Å². The van der Waals surface area contributed by atoms with E-state index in [9.17, 15) is 9.18 Å². The lowest BCUT2D eigenvalue weighted by molar-refractivity contribution is -0.143. The molecule has 3 nitrogen and oxygen atoms in total. The molecule has 1 aromatic rings. The van der Waals surface area contributed by atoms with Crippen LogP contribution < -0.4 is 4.74 Å². The molecule has 0 aliphatic rings. The Morgan fingerprint density at radius 3 is 2.78 bits per heavy atom.